The van der Waals surface area contributed by atoms with Gasteiger partial charge in [0.1, 0.15) is 22.6 Å². The normalized spacial score (nSPS) is 22.5. The first-order chi connectivity index (χ1) is 19.7. The van der Waals surface area contributed by atoms with Crippen LogP contribution in [0.1, 0.15) is 26.7 Å². The molecule has 224 valence electrons. The number of ether oxygens (including phenoxy) is 2. The Morgan fingerprint density at radius 1 is 0.732 bits per heavy atom. The molecule has 4 aliphatic heterocycles. The van der Waals surface area contributed by atoms with Crippen molar-refractivity contribution in [2.24, 2.45) is 11.8 Å². The Labute approximate surface area is 256 Å². The van der Waals surface area contributed by atoms with Crippen LogP contribution in [0.3, 0.4) is 0 Å². The topological polar surface area (TPSA) is 100 Å². The van der Waals surface area contributed by atoms with Crippen LogP contribution in [0.2, 0.25) is 15.2 Å². The van der Waals surface area contributed by atoms with Gasteiger partial charge in [0, 0.05) is 61.1 Å². The van der Waals surface area contributed by atoms with Gasteiger partial charge in [0.2, 0.25) is 11.8 Å². The van der Waals surface area contributed by atoms with Gasteiger partial charge in [-0.25, -0.2) is 9.97 Å². The van der Waals surface area contributed by atoms with E-state index >= 15 is 0 Å². The van der Waals surface area contributed by atoms with E-state index in [-0.39, 0.29) is 23.7 Å². The summed E-state index contributed by atoms with van der Waals surface area (Å²) in [6.45, 7) is 11.6. The molecule has 4 saturated heterocycles. The van der Waals surface area contributed by atoms with E-state index < -0.39 is 0 Å². The molecule has 0 radical (unpaired) electrons. The van der Waals surface area contributed by atoms with Gasteiger partial charge in [0.15, 0.2) is 0 Å². The number of nitrogens with zero attached hydrogens (tertiary/aromatic N) is 5. The Balaban J connectivity index is 0.000000159. The number of rotatable bonds is 3. The third kappa shape index (κ3) is 9.06. The van der Waals surface area contributed by atoms with Gasteiger partial charge in [0.25, 0.3) is 0 Å². The van der Waals surface area contributed by atoms with E-state index in [0.29, 0.717) is 34.2 Å². The van der Waals surface area contributed by atoms with E-state index in [1.807, 2.05) is 26.0 Å². The first-order valence-electron chi connectivity index (χ1n) is 14.0. The molecule has 4 fully saturated rings. The minimum atomic E-state index is 0.0719. The number of aromatic nitrogens is 2. The van der Waals surface area contributed by atoms with Crippen LogP contribution in [-0.2, 0) is 19.1 Å². The van der Waals surface area contributed by atoms with Crippen molar-refractivity contribution >= 4 is 64.1 Å². The van der Waals surface area contributed by atoms with Crippen molar-refractivity contribution < 1.29 is 19.1 Å². The molecule has 0 aromatic carbocycles. The van der Waals surface area contributed by atoms with Gasteiger partial charge in [-0.3, -0.25) is 14.5 Å². The van der Waals surface area contributed by atoms with Crippen LogP contribution in [0.15, 0.2) is 24.3 Å². The molecule has 10 nitrogen and oxygen atoms in total. The summed E-state index contributed by atoms with van der Waals surface area (Å²) >= 11 is 17.9. The van der Waals surface area contributed by atoms with Crippen LogP contribution in [0.5, 0.6) is 0 Å². The lowest BCUT2D eigenvalue weighted by atomic mass is 10.1. The molecule has 0 saturated carbocycles. The van der Waals surface area contributed by atoms with E-state index in [0.717, 1.165) is 77.0 Å². The van der Waals surface area contributed by atoms with E-state index in [4.69, 9.17) is 44.3 Å². The van der Waals surface area contributed by atoms with Crippen molar-refractivity contribution in [3.8, 4) is 0 Å². The van der Waals surface area contributed by atoms with Gasteiger partial charge < -0.3 is 24.6 Å². The van der Waals surface area contributed by atoms with Crippen molar-refractivity contribution in [2.45, 2.75) is 26.7 Å². The van der Waals surface area contributed by atoms with E-state index in [2.05, 4.69) is 25.1 Å². The standard InChI is InChI=1S/C14H18ClN3O2.C9H10Cl2N2O.C5H9NO/c1-10-2-3-18(14(10)19)13-9-11(15)8-12(16-13)17-4-6-20-7-5-17;10-7-5-8(11)12-9(6-7)13-1-3-14-4-2-13;1-4-2-3-6-5(4)7/h8-10H,2-7H2,1H3;5-6H,1-4H2;4H,2-3H2,1H3,(H,6,7)/t10-;;4-/m1.1/s1. The average molecular weight is 628 g/mol. The maximum atomic E-state index is 12.1. The van der Waals surface area contributed by atoms with Crippen LogP contribution in [0.4, 0.5) is 17.5 Å². The average Bonchev–Trinajstić information content (AvgIpc) is 3.52. The number of carbonyl (C=O) groups is 2. The molecule has 2 atom stereocenters. The second-order valence-corrected chi connectivity index (χ2v) is 11.6. The van der Waals surface area contributed by atoms with Gasteiger partial charge in [-0.1, -0.05) is 48.7 Å². The lowest BCUT2D eigenvalue weighted by molar-refractivity contribution is -0.122. The Morgan fingerprint density at radius 2 is 1.27 bits per heavy atom. The molecule has 0 bridgehead atoms. The number of carbonyl (C=O) groups excluding carboxylic acids is 2. The molecule has 41 heavy (non-hydrogen) atoms. The fourth-order valence-corrected chi connectivity index (χ4v) is 5.39. The van der Waals surface area contributed by atoms with Crippen molar-refractivity contribution in [3.05, 3.63) is 39.5 Å². The van der Waals surface area contributed by atoms with Crippen LogP contribution in [0.25, 0.3) is 0 Å². The SMILES string of the molecule is C[C@@H]1CCN(c2cc(Cl)cc(N3CCOCC3)n2)C1=O.C[C@@H]1CCNC1=O.Clc1cc(Cl)nc(N2CCOCC2)c1. The number of anilines is 3. The fraction of sp³-hybridized carbons (Fsp3) is 0.571. The second kappa shape index (κ2) is 15.2. The maximum Gasteiger partial charge on any atom is 0.231 e. The molecule has 0 aliphatic carbocycles. The number of amides is 2. The zero-order valence-corrected chi connectivity index (χ0v) is 25.7. The fourth-order valence-electron chi connectivity index (χ4n) is 4.74. The molecule has 2 aromatic heterocycles. The molecular formula is C28H37Cl3N6O4. The Kier molecular flexibility index (Phi) is 11.7. The number of nitrogens with one attached hydrogen (secondary N) is 1. The molecule has 1 N–H and O–H groups in total. The summed E-state index contributed by atoms with van der Waals surface area (Å²) in [4.78, 5) is 37.4. The minimum absolute atomic E-state index is 0.0719. The quantitative estimate of drug-likeness (QED) is 0.503. The molecular weight excluding hydrogens is 591 g/mol. The summed E-state index contributed by atoms with van der Waals surface area (Å²) < 4.78 is 10.6. The molecule has 2 aromatic rings. The molecule has 0 spiro atoms. The van der Waals surface area contributed by atoms with Gasteiger partial charge in [0.05, 0.1) is 26.4 Å². The number of hydrogen-bond acceptors (Lipinski definition) is 8. The molecule has 4 aliphatic rings. The van der Waals surface area contributed by atoms with E-state index in [1.165, 1.54) is 0 Å². The molecule has 13 heteroatoms. The maximum absolute atomic E-state index is 12.1. The van der Waals surface area contributed by atoms with Crippen molar-refractivity contribution in [1.29, 1.82) is 0 Å². The molecule has 6 heterocycles. The van der Waals surface area contributed by atoms with Crippen molar-refractivity contribution in [1.82, 2.24) is 15.3 Å². The molecule has 6 rings (SSSR count). The number of morpholine rings is 2. The number of hydrogen-bond donors (Lipinski definition) is 1. The lowest BCUT2D eigenvalue weighted by Crippen LogP contribution is -2.37. The molecule has 0 unspecified atom stereocenters. The first-order valence-corrected chi connectivity index (χ1v) is 15.1. The van der Waals surface area contributed by atoms with Crippen LogP contribution in [-0.4, -0.2) is 87.5 Å². The highest BCUT2D eigenvalue weighted by Crippen LogP contribution is 2.29. The van der Waals surface area contributed by atoms with Crippen LogP contribution < -0.4 is 20.0 Å². The van der Waals surface area contributed by atoms with Crippen LogP contribution >= 0.6 is 34.8 Å². The Hall–Kier alpha value is -2.37. The highest BCUT2D eigenvalue weighted by Gasteiger charge is 2.30. The monoisotopic (exact) mass is 626 g/mol. The first kappa shape index (κ1) is 31.6. The summed E-state index contributed by atoms with van der Waals surface area (Å²) in [7, 11) is 0. The third-order valence-corrected chi connectivity index (χ3v) is 7.88. The third-order valence-electron chi connectivity index (χ3n) is 7.25. The van der Waals surface area contributed by atoms with Crippen molar-refractivity contribution in [3.63, 3.8) is 0 Å². The summed E-state index contributed by atoms with van der Waals surface area (Å²) in [5.74, 6) is 2.98. The van der Waals surface area contributed by atoms with Crippen LogP contribution in [0, 0.1) is 11.8 Å². The molecule has 2 amide bonds. The van der Waals surface area contributed by atoms with Gasteiger partial charge >= 0.3 is 0 Å². The second-order valence-electron chi connectivity index (χ2n) is 10.3. The minimum Gasteiger partial charge on any atom is -0.378 e. The zero-order chi connectivity index (χ0) is 29.4. The number of halogens is 3. The predicted molar refractivity (Wildman–Crippen MR) is 162 cm³/mol. The summed E-state index contributed by atoms with van der Waals surface area (Å²) in [5, 5.41) is 4.39. The zero-order valence-electron chi connectivity index (χ0n) is 23.5. The van der Waals surface area contributed by atoms with Gasteiger partial charge in [-0.05, 0) is 37.1 Å². The lowest BCUT2D eigenvalue weighted by Gasteiger charge is -2.29. The summed E-state index contributed by atoms with van der Waals surface area (Å²) in [5.41, 5.74) is 0. The summed E-state index contributed by atoms with van der Waals surface area (Å²) in [6, 6.07) is 7.06. The Morgan fingerprint density at radius 3 is 1.71 bits per heavy atom. The van der Waals surface area contributed by atoms with Crippen molar-refractivity contribution in [2.75, 3.05) is 80.4 Å². The Bertz CT molecular complexity index is 1170. The highest BCUT2D eigenvalue weighted by molar-refractivity contribution is 6.34. The summed E-state index contributed by atoms with van der Waals surface area (Å²) in [6.07, 6.45) is 1.89. The highest BCUT2D eigenvalue weighted by atomic mass is 35.5. The van der Waals surface area contributed by atoms with Gasteiger partial charge in [-0.15, -0.1) is 0 Å². The van der Waals surface area contributed by atoms with E-state index in [1.54, 1.807) is 17.0 Å². The van der Waals surface area contributed by atoms with Gasteiger partial charge in [-0.2, -0.15) is 0 Å². The smallest absolute Gasteiger partial charge is 0.231 e. The predicted octanol–water partition coefficient (Wildman–Crippen LogP) is 4.31. The largest absolute Gasteiger partial charge is 0.378 e. The number of pyridine rings is 2. The van der Waals surface area contributed by atoms with E-state index in [9.17, 15) is 9.59 Å².